The second-order valence-corrected chi connectivity index (χ2v) is 8.67. The number of amides is 1. The van der Waals surface area contributed by atoms with Crippen LogP contribution in [0.1, 0.15) is 25.0 Å². The summed E-state index contributed by atoms with van der Waals surface area (Å²) in [6.45, 7) is 7.66. The average Bonchev–Trinajstić information content (AvgIpc) is 3.17. The highest BCUT2D eigenvalue weighted by Gasteiger charge is 2.55. The van der Waals surface area contributed by atoms with Crippen LogP contribution in [0.3, 0.4) is 0 Å². The molecule has 1 aliphatic carbocycles. The van der Waals surface area contributed by atoms with E-state index in [0.717, 1.165) is 19.6 Å². The van der Waals surface area contributed by atoms with Crippen LogP contribution in [0, 0.1) is 23.7 Å². The predicted octanol–water partition coefficient (Wildman–Crippen LogP) is 3.02. The van der Waals surface area contributed by atoms with Crippen molar-refractivity contribution >= 4 is 5.91 Å². The number of rotatable bonds is 7. The molecule has 2 aromatic rings. The molecule has 1 amide bonds. The molecule has 4 nitrogen and oxygen atoms in total. The number of nitrogens with one attached hydrogen (secondary N) is 1. The number of piperidine rings is 1. The first-order chi connectivity index (χ1) is 13.5. The molecule has 4 atom stereocenters. The van der Waals surface area contributed by atoms with Gasteiger partial charge >= 0.3 is 0 Å². The molecule has 2 N–H and O–H groups in total. The van der Waals surface area contributed by atoms with Crippen molar-refractivity contribution in [3.8, 4) is 0 Å². The van der Waals surface area contributed by atoms with Crippen molar-refractivity contribution in [2.45, 2.75) is 26.0 Å². The highest BCUT2D eigenvalue weighted by Crippen LogP contribution is 2.51. The molecule has 1 saturated heterocycles. The number of likely N-dealkylation sites (tertiary alicyclic amines) is 1. The summed E-state index contributed by atoms with van der Waals surface area (Å²) in [6.07, 6.45) is 0. The zero-order valence-electron chi connectivity index (χ0n) is 16.7. The van der Waals surface area contributed by atoms with Crippen molar-refractivity contribution in [3.63, 3.8) is 0 Å². The van der Waals surface area contributed by atoms with E-state index in [0.29, 0.717) is 29.9 Å². The number of benzene rings is 2. The van der Waals surface area contributed by atoms with Gasteiger partial charge < -0.3 is 10.4 Å². The zero-order chi connectivity index (χ0) is 19.7. The maximum atomic E-state index is 12.9. The summed E-state index contributed by atoms with van der Waals surface area (Å²) in [5, 5.41) is 14.2. The third-order valence-corrected chi connectivity index (χ3v) is 6.59. The molecule has 148 valence electrons. The van der Waals surface area contributed by atoms with Gasteiger partial charge in [-0.25, -0.2) is 0 Å². The van der Waals surface area contributed by atoms with E-state index in [4.69, 9.17) is 0 Å². The number of carbonyl (C=O) groups is 1. The second-order valence-electron chi connectivity index (χ2n) is 8.67. The van der Waals surface area contributed by atoms with Crippen molar-refractivity contribution in [1.29, 1.82) is 0 Å². The van der Waals surface area contributed by atoms with Gasteiger partial charge in [-0.2, -0.15) is 0 Å². The van der Waals surface area contributed by atoms with Gasteiger partial charge in [0.1, 0.15) is 0 Å². The Hall–Kier alpha value is -2.17. The van der Waals surface area contributed by atoms with Gasteiger partial charge in [0.05, 0.1) is 0 Å². The fourth-order valence-corrected chi connectivity index (χ4v) is 4.77. The van der Waals surface area contributed by atoms with E-state index in [9.17, 15) is 9.90 Å². The van der Waals surface area contributed by atoms with Gasteiger partial charge in [0.15, 0.2) is 5.60 Å². The molecule has 0 radical (unpaired) electrons. The van der Waals surface area contributed by atoms with Gasteiger partial charge in [-0.3, -0.25) is 9.69 Å². The van der Waals surface area contributed by atoms with Crippen LogP contribution in [0.2, 0.25) is 0 Å². The van der Waals surface area contributed by atoms with Gasteiger partial charge in [0, 0.05) is 26.2 Å². The first kappa shape index (κ1) is 19.2. The zero-order valence-corrected chi connectivity index (χ0v) is 16.7. The number of nitrogens with zero attached hydrogens (tertiary/aromatic N) is 1. The topological polar surface area (TPSA) is 52.6 Å². The Morgan fingerprint density at radius 2 is 1.64 bits per heavy atom. The van der Waals surface area contributed by atoms with Crippen LogP contribution >= 0.6 is 0 Å². The monoisotopic (exact) mass is 378 g/mol. The van der Waals surface area contributed by atoms with Gasteiger partial charge in [0.25, 0.3) is 5.91 Å². The van der Waals surface area contributed by atoms with E-state index in [-0.39, 0.29) is 11.8 Å². The normalized spacial score (nSPS) is 25.9. The molecular formula is C24H30N2O2. The molecule has 0 spiro atoms. The number of hydrogen-bond donors (Lipinski definition) is 2. The fraction of sp³-hybridized carbons (Fsp3) is 0.458. The lowest BCUT2D eigenvalue weighted by Crippen LogP contribution is -2.49. The summed E-state index contributed by atoms with van der Waals surface area (Å²) in [7, 11) is 0. The molecule has 0 aromatic heterocycles. The van der Waals surface area contributed by atoms with Crippen molar-refractivity contribution in [2.24, 2.45) is 23.7 Å². The van der Waals surface area contributed by atoms with Crippen LogP contribution in [-0.2, 0) is 16.9 Å². The van der Waals surface area contributed by atoms with Crippen molar-refractivity contribution in [2.75, 3.05) is 19.6 Å². The second kappa shape index (κ2) is 7.69. The largest absolute Gasteiger partial charge is 0.375 e. The van der Waals surface area contributed by atoms with Crippen LogP contribution in [0.4, 0.5) is 0 Å². The highest BCUT2D eigenvalue weighted by atomic mass is 16.3. The molecule has 2 aliphatic rings. The van der Waals surface area contributed by atoms with Crippen LogP contribution in [0.25, 0.3) is 0 Å². The highest BCUT2D eigenvalue weighted by molar-refractivity contribution is 5.86. The minimum Gasteiger partial charge on any atom is -0.375 e. The smallest absolute Gasteiger partial charge is 0.256 e. The van der Waals surface area contributed by atoms with Crippen LogP contribution in [-0.4, -0.2) is 35.5 Å². The van der Waals surface area contributed by atoms with Crippen molar-refractivity contribution < 1.29 is 9.90 Å². The molecule has 1 aliphatic heterocycles. The Bertz CT molecular complexity index is 796. The molecule has 4 rings (SSSR count). The first-order valence-electron chi connectivity index (χ1n) is 10.3. The third-order valence-electron chi connectivity index (χ3n) is 6.59. The first-order valence-corrected chi connectivity index (χ1v) is 10.3. The maximum absolute atomic E-state index is 12.9. The van der Waals surface area contributed by atoms with E-state index >= 15 is 0 Å². The lowest BCUT2D eigenvalue weighted by atomic mass is 9.82. The van der Waals surface area contributed by atoms with E-state index in [1.807, 2.05) is 44.2 Å². The van der Waals surface area contributed by atoms with Crippen molar-refractivity contribution in [3.05, 3.63) is 71.8 Å². The van der Waals surface area contributed by atoms with E-state index in [1.54, 1.807) is 0 Å². The minimum atomic E-state index is -1.48. The summed E-state index contributed by atoms with van der Waals surface area (Å²) in [4.78, 5) is 15.4. The molecule has 1 heterocycles. The fourth-order valence-electron chi connectivity index (χ4n) is 4.77. The Balaban J connectivity index is 1.30. The molecule has 2 aromatic carbocycles. The number of hydrogen-bond acceptors (Lipinski definition) is 3. The lowest BCUT2D eigenvalue weighted by Gasteiger charge is -2.31. The number of carbonyl (C=O) groups excluding carboxylic acids is 1. The minimum absolute atomic E-state index is 0.199. The van der Waals surface area contributed by atoms with Crippen molar-refractivity contribution in [1.82, 2.24) is 10.2 Å². The SMILES string of the molecule is CC(C)C(O)(C(=O)NC[C@@H]1C2CN(Cc3ccccc3)C[C@H]21)c1ccccc1. The number of fused-ring (bicyclic) bond motifs is 1. The maximum Gasteiger partial charge on any atom is 0.256 e. The molecule has 4 heteroatoms. The predicted molar refractivity (Wildman–Crippen MR) is 110 cm³/mol. The quantitative estimate of drug-likeness (QED) is 0.779. The van der Waals surface area contributed by atoms with Crippen LogP contribution < -0.4 is 5.32 Å². The van der Waals surface area contributed by atoms with E-state index in [2.05, 4.69) is 40.5 Å². The Morgan fingerprint density at radius 1 is 1.07 bits per heavy atom. The molecular weight excluding hydrogens is 348 g/mol. The standard InChI is InChI=1S/C24H30N2O2/c1-17(2)24(28,19-11-7-4-8-12-19)23(27)25-13-20-21-15-26(16-22(20)21)14-18-9-5-3-6-10-18/h3-12,17,20-22,28H,13-16H2,1-2H3,(H,25,27)/t20-,21-,22?,24?/m0/s1. The molecule has 28 heavy (non-hydrogen) atoms. The Labute approximate surface area is 167 Å². The van der Waals surface area contributed by atoms with Crippen LogP contribution in [0.5, 0.6) is 0 Å². The van der Waals surface area contributed by atoms with Gasteiger partial charge in [-0.1, -0.05) is 74.5 Å². The van der Waals surface area contributed by atoms with E-state index in [1.165, 1.54) is 5.56 Å². The summed E-state index contributed by atoms with van der Waals surface area (Å²) < 4.78 is 0. The Morgan fingerprint density at radius 3 is 2.21 bits per heavy atom. The van der Waals surface area contributed by atoms with Gasteiger partial charge in [0.2, 0.25) is 0 Å². The summed E-state index contributed by atoms with van der Waals surface area (Å²) in [5.74, 6) is 1.42. The van der Waals surface area contributed by atoms with Crippen LogP contribution in [0.15, 0.2) is 60.7 Å². The molecule has 2 fully saturated rings. The molecule has 2 unspecified atom stereocenters. The molecule has 0 bridgehead atoms. The molecule has 1 saturated carbocycles. The number of aliphatic hydroxyl groups is 1. The van der Waals surface area contributed by atoms with Gasteiger partial charge in [-0.15, -0.1) is 0 Å². The summed E-state index contributed by atoms with van der Waals surface area (Å²) in [5.41, 5.74) is 0.538. The Kier molecular flexibility index (Phi) is 5.26. The lowest BCUT2D eigenvalue weighted by molar-refractivity contribution is -0.146. The van der Waals surface area contributed by atoms with Gasteiger partial charge in [-0.05, 0) is 34.8 Å². The van der Waals surface area contributed by atoms with E-state index < -0.39 is 5.60 Å². The average molecular weight is 379 g/mol. The summed E-state index contributed by atoms with van der Waals surface area (Å²) >= 11 is 0. The third kappa shape index (κ3) is 3.59. The summed E-state index contributed by atoms with van der Waals surface area (Å²) in [6, 6.07) is 19.9.